The Morgan fingerprint density at radius 1 is 0.852 bits per heavy atom. The lowest BCUT2D eigenvalue weighted by molar-refractivity contribution is 0.180. The van der Waals surface area contributed by atoms with Crippen molar-refractivity contribution >= 4 is 20.1 Å². The van der Waals surface area contributed by atoms with Crippen molar-refractivity contribution in [1.82, 2.24) is 0 Å². The minimum atomic E-state index is -1.92. The maximum atomic E-state index is 7.05. The molecule has 0 unspecified atom stereocenters. The van der Waals surface area contributed by atoms with E-state index in [0.717, 1.165) is 0 Å². The smallest absolute Gasteiger partial charge is 0.192 e. The van der Waals surface area contributed by atoms with Crippen molar-refractivity contribution in [2.24, 2.45) is 0 Å². The average Bonchev–Trinajstić information content (AvgIpc) is 2.58. The Hall–Kier alpha value is -1.03. The molecule has 0 aliphatic carbocycles. The molecule has 0 amide bonds. The van der Waals surface area contributed by atoms with E-state index in [2.05, 4.69) is 109 Å². The Kier molecular flexibility index (Phi) is 7.40. The number of rotatable bonds is 7. The third-order valence-electron chi connectivity index (χ3n) is 5.46. The van der Waals surface area contributed by atoms with Crippen LogP contribution in [0.2, 0.25) is 18.1 Å². The van der Waals surface area contributed by atoms with Gasteiger partial charge in [0, 0.05) is 0 Å². The zero-order valence-electron chi connectivity index (χ0n) is 18.2. The van der Waals surface area contributed by atoms with Crippen molar-refractivity contribution < 1.29 is 4.43 Å². The first kappa shape index (κ1) is 22.3. The number of benzene rings is 2. The predicted octanol–water partition coefficient (Wildman–Crippen LogP) is 7.94. The van der Waals surface area contributed by atoms with Crippen molar-refractivity contribution in [3.63, 3.8) is 0 Å². The second kappa shape index (κ2) is 8.98. The topological polar surface area (TPSA) is 9.23 Å². The van der Waals surface area contributed by atoms with Gasteiger partial charge in [-0.15, -0.1) is 11.8 Å². The van der Waals surface area contributed by atoms with Crippen molar-refractivity contribution in [2.45, 2.75) is 76.3 Å². The summed E-state index contributed by atoms with van der Waals surface area (Å²) in [6.07, 6.45) is 0.0576. The lowest BCUT2D eigenvalue weighted by atomic mass is 10.00. The quantitative estimate of drug-likeness (QED) is 0.436. The zero-order valence-corrected chi connectivity index (χ0v) is 20.1. The van der Waals surface area contributed by atoms with Crippen molar-refractivity contribution in [2.75, 3.05) is 0 Å². The second-order valence-corrected chi connectivity index (χ2v) is 15.7. The normalized spacial score (nSPS) is 15.0. The van der Waals surface area contributed by atoms with Gasteiger partial charge in [0.1, 0.15) is 0 Å². The van der Waals surface area contributed by atoms with Gasteiger partial charge in [-0.05, 0) is 41.4 Å². The first-order valence-corrected chi connectivity index (χ1v) is 13.8. The lowest BCUT2D eigenvalue weighted by Gasteiger charge is -2.42. The molecule has 0 heterocycles. The van der Waals surface area contributed by atoms with E-state index in [9.17, 15) is 0 Å². The number of hydrogen-bond donors (Lipinski definition) is 0. The first-order valence-electron chi connectivity index (χ1n) is 9.96. The van der Waals surface area contributed by atoms with Crippen molar-refractivity contribution in [3.05, 3.63) is 71.3 Å². The van der Waals surface area contributed by atoms with Crippen LogP contribution in [-0.2, 0) is 4.43 Å². The summed E-state index contributed by atoms with van der Waals surface area (Å²) in [5, 5.41) is 0.994. The molecule has 3 heteroatoms. The SMILES string of the molecule is Cc1ccc([C@H](SC(C)C)[C@H](O[Si](C)(C)C(C)(C)C)c2ccccc2)cc1. The van der Waals surface area contributed by atoms with E-state index in [-0.39, 0.29) is 16.4 Å². The van der Waals surface area contributed by atoms with Gasteiger partial charge in [0.25, 0.3) is 0 Å². The Bertz CT molecular complexity index is 701. The van der Waals surface area contributed by atoms with E-state index in [4.69, 9.17) is 4.43 Å². The highest BCUT2D eigenvalue weighted by atomic mass is 32.2. The van der Waals surface area contributed by atoms with Gasteiger partial charge < -0.3 is 4.43 Å². The maximum absolute atomic E-state index is 7.05. The summed E-state index contributed by atoms with van der Waals surface area (Å²) in [5.41, 5.74) is 3.93. The molecule has 1 nitrogen and oxygen atoms in total. The Balaban J connectivity index is 2.51. The van der Waals surface area contributed by atoms with E-state index in [0.29, 0.717) is 5.25 Å². The molecule has 0 saturated heterocycles. The molecule has 0 bridgehead atoms. The standard InChI is InChI=1S/C24H36OSSi/c1-18(2)26-23(21-16-14-19(3)15-17-21)22(20-12-10-9-11-13-20)25-27(7,8)24(4,5)6/h9-18,22-23H,1-8H3/t22-,23+/m1/s1. The molecule has 0 radical (unpaired) electrons. The van der Waals surface area contributed by atoms with Crippen LogP contribution in [-0.4, -0.2) is 13.6 Å². The predicted molar refractivity (Wildman–Crippen MR) is 124 cm³/mol. The van der Waals surface area contributed by atoms with Gasteiger partial charge in [-0.3, -0.25) is 0 Å². The van der Waals surface area contributed by atoms with Crippen LogP contribution >= 0.6 is 11.8 Å². The van der Waals surface area contributed by atoms with Gasteiger partial charge in [-0.1, -0.05) is 94.8 Å². The summed E-state index contributed by atoms with van der Waals surface area (Å²) in [7, 11) is -1.92. The van der Waals surface area contributed by atoms with Crippen LogP contribution in [0.3, 0.4) is 0 Å². The summed E-state index contributed by atoms with van der Waals surface area (Å²) in [4.78, 5) is 0. The Morgan fingerprint density at radius 3 is 1.89 bits per heavy atom. The number of thioether (sulfide) groups is 1. The molecule has 2 aromatic rings. The van der Waals surface area contributed by atoms with Crippen LogP contribution in [0, 0.1) is 6.92 Å². The van der Waals surface area contributed by atoms with Gasteiger partial charge in [0.05, 0.1) is 11.4 Å². The Labute approximate surface area is 172 Å². The lowest BCUT2D eigenvalue weighted by Crippen LogP contribution is -2.42. The fourth-order valence-electron chi connectivity index (χ4n) is 2.82. The van der Waals surface area contributed by atoms with E-state index in [1.165, 1.54) is 16.7 Å². The molecule has 0 aliphatic rings. The largest absolute Gasteiger partial charge is 0.408 e. The van der Waals surface area contributed by atoms with Crippen LogP contribution in [0.5, 0.6) is 0 Å². The van der Waals surface area contributed by atoms with Crippen molar-refractivity contribution in [3.8, 4) is 0 Å². The van der Waals surface area contributed by atoms with Crippen LogP contribution < -0.4 is 0 Å². The maximum Gasteiger partial charge on any atom is 0.192 e. The molecule has 2 aromatic carbocycles. The summed E-state index contributed by atoms with van der Waals surface area (Å²) in [5.74, 6) is 0. The molecule has 0 spiro atoms. The summed E-state index contributed by atoms with van der Waals surface area (Å²) < 4.78 is 7.05. The fourth-order valence-corrected chi connectivity index (χ4v) is 5.43. The second-order valence-electron chi connectivity index (χ2n) is 9.23. The molecule has 0 aromatic heterocycles. The molecule has 148 valence electrons. The van der Waals surface area contributed by atoms with E-state index < -0.39 is 8.32 Å². The van der Waals surface area contributed by atoms with Crippen LogP contribution in [0.25, 0.3) is 0 Å². The van der Waals surface area contributed by atoms with Crippen LogP contribution in [0.15, 0.2) is 54.6 Å². The van der Waals surface area contributed by atoms with Crippen molar-refractivity contribution in [1.29, 1.82) is 0 Å². The molecular weight excluding hydrogens is 364 g/mol. The van der Waals surface area contributed by atoms with Gasteiger partial charge >= 0.3 is 0 Å². The average molecular weight is 401 g/mol. The van der Waals surface area contributed by atoms with E-state index in [1.54, 1.807) is 0 Å². The highest BCUT2D eigenvalue weighted by Crippen LogP contribution is 2.48. The minimum Gasteiger partial charge on any atom is -0.408 e. The molecule has 0 saturated carbocycles. The monoisotopic (exact) mass is 400 g/mol. The highest BCUT2D eigenvalue weighted by Gasteiger charge is 2.41. The summed E-state index contributed by atoms with van der Waals surface area (Å²) >= 11 is 2.01. The molecular formula is C24H36OSSi. The zero-order chi connectivity index (χ0) is 20.2. The van der Waals surface area contributed by atoms with Crippen LogP contribution in [0.4, 0.5) is 0 Å². The fraction of sp³-hybridized carbons (Fsp3) is 0.500. The van der Waals surface area contributed by atoms with Gasteiger partial charge in [0.15, 0.2) is 8.32 Å². The Morgan fingerprint density at radius 2 is 1.41 bits per heavy atom. The summed E-state index contributed by atoms with van der Waals surface area (Å²) in [6.45, 7) is 18.4. The molecule has 0 fully saturated rings. The van der Waals surface area contributed by atoms with Gasteiger partial charge in [-0.25, -0.2) is 0 Å². The minimum absolute atomic E-state index is 0.0576. The molecule has 27 heavy (non-hydrogen) atoms. The molecule has 2 rings (SSSR count). The molecule has 2 atom stereocenters. The summed E-state index contributed by atoms with van der Waals surface area (Å²) in [6, 6.07) is 19.8. The van der Waals surface area contributed by atoms with E-state index in [1.807, 2.05) is 11.8 Å². The molecule has 0 N–H and O–H groups in total. The number of hydrogen-bond acceptors (Lipinski definition) is 2. The van der Waals surface area contributed by atoms with E-state index >= 15 is 0 Å². The van der Waals surface area contributed by atoms with Crippen LogP contribution in [0.1, 0.15) is 62.7 Å². The highest BCUT2D eigenvalue weighted by molar-refractivity contribution is 8.00. The van der Waals surface area contributed by atoms with Gasteiger partial charge in [-0.2, -0.15) is 0 Å². The van der Waals surface area contributed by atoms with Gasteiger partial charge in [0.2, 0.25) is 0 Å². The first-order chi connectivity index (χ1) is 12.5. The molecule has 0 aliphatic heterocycles. The third kappa shape index (κ3) is 5.97. The number of aryl methyl sites for hydroxylation is 1. The third-order valence-corrected chi connectivity index (χ3v) is 11.3.